The Morgan fingerprint density at radius 3 is 2.30 bits per heavy atom. The number of hydrogen-bond donors (Lipinski definition) is 0. The molecule has 0 bridgehead atoms. The van der Waals surface area contributed by atoms with E-state index in [0.29, 0.717) is 6.61 Å². The third-order valence-electron chi connectivity index (χ3n) is 5.83. The molecule has 0 unspecified atom stereocenters. The molecule has 6 rings (SSSR count). The summed E-state index contributed by atoms with van der Waals surface area (Å²) in [5.74, 6) is 0.798. The first-order valence-corrected chi connectivity index (χ1v) is 11.0. The Hall–Kier alpha value is -4.44. The standard InChI is InChI=1S/C29H21N3O/c1-2-10-21(11-3-1)20-33-29-22(24-14-6-7-18-30-24)13-8-16-27(29)32-25-15-5-4-12-23(25)28-26(32)17-9-19-31-28/h1-19H,20H2. The van der Waals surface area contributed by atoms with E-state index in [9.17, 15) is 0 Å². The molecule has 0 spiro atoms. The van der Waals surface area contributed by atoms with Gasteiger partial charge in [0.25, 0.3) is 0 Å². The molecular formula is C29H21N3O. The molecule has 4 nitrogen and oxygen atoms in total. The molecular weight excluding hydrogens is 406 g/mol. The van der Waals surface area contributed by atoms with Crippen molar-refractivity contribution >= 4 is 21.9 Å². The number of para-hydroxylation sites is 2. The molecule has 0 aliphatic carbocycles. The molecule has 0 amide bonds. The monoisotopic (exact) mass is 427 g/mol. The molecule has 3 aromatic heterocycles. The van der Waals surface area contributed by atoms with Gasteiger partial charge in [-0.3, -0.25) is 9.97 Å². The van der Waals surface area contributed by atoms with E-state index in [-0.39, 0.29) is 0 Å². The van der Waals surface area contributed by atoms with Gasteiger partial charge in [-0.15, -0.1) is 0 Å². The Bertz CT molecular complexity index is 1500. The van der Waals surface area contributed by atoms with Crippen molar-refractivity contribution in [3.05, 3.63) is 121 Å². The van der Waals surface area contributed by atoms with Crippen LogP contribution in [0.4, 0.5) is 0 Å². The molecule has 0 aliphatic heterocycles. The van der Waals surface area contributed by atoms with E-state index < -0.39 is 0 Å². The highest BCUT2D eigenvalue weighted by molar-refractivity contribution is 6.07. The predicted octanol–water partition coefficient (Wildman–Crippen LogP) is 6.82. The average molecular weight is 428 g/mol. The summed E-state index contributed by atoms with van der Waals surface area (Å²) in [6.07, 6.45) is 3.66. The van der Waals surface area contributed by atoms with E-state index in [0.717, 1.165) is 50.2 Å². The molecule has 0 aliphatic rings. The number of aromatic nitrogens is 3. The van der Waals surface area contributed by atoms with Crippen LogP contribution in [0.1, 0.15) is 5.56 Å². The van der Waals surface area contributed by atoms with Crippen molar-refractivity contribution < 1.29 is 4.74 Å². The molecule has 0 radical (unpaired) electrons. The quantitative estimate of drug-likeness (QED) is 0.303. The molecule has 158 valence electrons. The van der Waals surface area contributed by atoms with E-state index in [2.05, 4.69) is 75.2 Å². The van der Waals surface area contributed by atoms with Crippen molar-refractivity contribution in [1.29, 1.82) is 0 Å². The normalized spacial score (nSPS) is 11.2. The molecule has 0 atom stereocenters. The number of fused-ring (bicyclic) bond motifs is 3. The molecule has 4 heteroatoms. The minimum atomic E-state index is 0.465. The lowest BCUT2D eigenvalue weighted by atomic mass is 10.1. The van der Waals surface area contributed by atoms with Crippen LogP contribution in [0.2, 0.25) is 0 Å². The SMILES string of the molecule is c1ccc(COc2c(-c3ccccn3)cccc2-n2c3ccccc3c3ncccc32)cc1. The number of ether oxygens (including phenoxy) is 1. The maximum Gasteiger partial charge on any atom is 0.153 e. The zero-order chi connectivity index (χ0) is 22.0. The minimum absolute atomic E-state index is 0.465. The molecule has 3 heterocycles. The summed E-state index contributed by atoms with van der Waals surface area (Å²) in [5, 5.41) is 1.12. The maximum atomic E-state index is 6.55. The average Bonchev–Trinajstić information content (AvgIpc) is 3.23. The second-order valence-corrected chi connectivity index (χ2v) is 7.87. The molecule has 0 N–H and O–H groups in total. The maximum absolute atomic E-state index is 6.55. The fraction of sp³-hybridized carbons (Fsp3) is 0.0345. The molecule has 0 saturated heterocycles. The number of pyridine rings is 2. The summed E-state index contributed by atoms with van der Waals surface area (Å²) >= 11 is 0. The van der Waals surface area contributed by atoms with Crippen LogP contribution in [0.3, 0.4) is 0 Å². The van der Waals surface area contributed by atoms with Crippen LogP contribution in [-0.4, -0.2) is 14.5 Å². The topological polar surface area (TPSA) is 39.9 Å². The Labute approximate surface area is 191 Å². The van der Waals surface area contributed by atoms with Gasteiger partial charge < -0.3 is 9.30 Å². The first-order valence-electron chi connectivity index (χ1n) is 11.0. The number of hydrogen-bond acceptors (Lipinski definition) is 3. The Kier molecular flexibility index (Phi) is 4.81. The lowest BCUT2D eigenvalue weighted by Crippen LogP contribution is -2.03. The van der Waals surface area contributed by atoms with Crippen LogP contribution in [-0.2, 0) is 6.61 Å². The van der Waals surface area contributed by atoms with Gasteiger partial charge in [0.05, 0.1) is 27.9 Å². The van der Waals surface area contributed by atoms with Crippen LogP contribution in [0.25, 0.3) is 38.9 Å². The highest BCUT2D eigenvalue weighted by atomic mass is 16.5. The third-order valence-corrected chi connectivity index (χ3v) is 5.83. The summed E-state index contributed by atoms with van der Waals surface area (Å²) in [6, 6.07) is 34.9. The smallest absolute Gasteiger partial charge is 0.153 e. The summed E-state index contributed by atoms with van der Waals surface area (Å²) in [5.41, 5.74) is 7.03. The molecule has 3 aromatic carbocycles. The Balaban J connectivity index is 1.61. The summed E-state index contributed by atoms with van der Waals surface area (Å²) in [6.45, 7) is 0.465. The van der Waals surface area contributed by atoms with Gasteiger partial charge in [0.1, 0.15) is 6.61 Å². The van der Waals surface area contributed by atoms with Gasteiger partial charge in [0.15, 0.2) is 5.75 Å². The van der Waals surface area contributed by atoms with E-state index in [1.165, 1.54) is 0 Å². The summed E-state index contributed by atoms with van der Waals surface area (Å²) in [7, 11) is 0. The van der Waals surface area contributed by atoms with Crippen molar-refractivity contribution in [3.8, 4) is 22.7 Å². The van der Waals surface area contributed by atoms with E-state index in [1.807, 2.05) is 54.9 Å². The Morgan fingerprint density at radius 1 is 0.636 bits per heavy atom. The lowest BCUT2D eigenvalue weighted by molar-refractivity contribution is 0.307. The predicted molar refractivity (Wildman–Crippen MR) is 133 cm³/mol. The van der Waals surface area contributed by atoms with E-state index in [4.69, 9.17) is 4.74 Å². The van der Waals surface area contributed by atoms with Crippen LogP contribution < -0.4 is 4.74 Å². The van der Waals surface area contributed by atoms with Crippen LogP contribution >= 0.6 is 0 Å². The lowest BCUT2D eigenvalue weighted by Gasteiger charge is -2.18. The Morgan fingerprint density at radius 2 is 1.42 bits per heavy atom. The number of nitrogens with zero attached hydrogens (tertiary/aromatic N) is 3. The van der Waals surface area contributed by atoms with Crippen LogP contribution in [0.15, 0.2) is 116 Å². The van der Waals surface area contributed by atoms with Crippen molar-refractivity contribution in [3.63, 3.8) is 0 Å². The summed E-state index contributed by atoms with van der Waals surface area (Å²) in [4.78, 5) is 9.30. The van der Waals surface area contributed by atoms with Crippen LogP contribution in [0, 0.1) is 0 Å². The zero-order valence-electron chi connectivity index (χ0n) is 17.9. The summed E-state index contributed by atoms with van der Waals surface area (Å²) < 4.78 is 8.79. The number of rotatable bonds is 5. The molecule has 0 fully saturated rings. The fourth-order valence-corrected chi connectivity index (χ4v) is 4.35. The van der Waals surface area contributed by atoms with Crippen molar-refractivity contribution in [1.82, 2.24) is 14.5 Å². The first kappa shape index (κ1) is 19.3. The largest absolute Gasteiger partial charge is 0.486 e. The van der Waals surface area contributed by atoms with E-state index in [1.54, 1.807) is 0 Å². The molecule has 0 saturated carbocycles. The van der Waals surface area contributed by atoms with Crippen molar-refractivity contribution in [2.75, 3.05) is 0 Å². The molecule has 6 aromatic rings. The van der Waals surface area contributed by atoms with Crippen molar-refractivity contribution in [2.45, 2.75) is 6.61 Å². The highest BCUT2D eigenvalue weighted by Crippen LogP contribution is 2.39. The third kappa shape index (κ3) is 3.42. The van der Waals surface area contributed by atoms with Crippen molar-refractivity contribution in [2.24, 2.45) is 0 Å². The second kappa shape index (κ2) is 8.24. The van der Waals surface area contributed by atoms with Gasteiger partial charge in [0, 0.05) is 23.3 Å². The van der Waals surface area contributed by atoms with Crippen LogP contribution in [0.5, 0.6) is 5.75 Å². The van der Waals surface area contributed by atoms with Gasteiger partial charge in [-0.05, 0) is 48.0 Å². The van der Waals surface area contributed by atoms with Gasteiger partial charge >= 0.3 is 0 Å². The van der Waals surface area contributed by atoms with Gasteiger partial charge in [-0.1, -0.05) is 60.7 Å². The highest BCUT2D eigenvalue weighted by Gasteiger charge is 2.19. The van der Waals surface area contributed by atoms with Gasteiger partial charge in [0.2, 0.25) is 0 Å². The van der Waals surface area contributed by atoms with E-state index >= 15 is 0 Å². The zero-order valence-corrected chi connectivity index (χ0v) is 17.9. The second-order valence-electron chi connectivity index (χ2n) is 7.87. The number of benzene rings is 3. The first-order chi connectivity index (χ1) is 16.4. The van der Waals surface area contributed by atoms with Gasteiger partial charge in [-0.25, -0.2) is 0 Å². The minimum Gasteiger partial charge on any atom is -0.486 e. The van der Waals surface area contributed by atoms with Gasteiger partial charge in [-0.2, -0.15) is 0 Å². The fourth-order valence-electron chi connectivity index (χ4n) is 4.35. The molecule has 33 heavy (non-hydrogen) atoms.